The molecule has 1 amide bonds. The summed E-state index contributed by atoms with van der Waals surface area (Å²) in [5.74, 6) is -1.99. The van der Waals surface area contributed by atoms with Crippen molar-refractivity contribution in [1.82, 2.24) is 20.0 Å². The van der Waals surface area contributed by atoms with Crippen LogP contribution < -0.4 is 4.74 Å². The summed E-state index contributed by atoms with van der Waals surface area (Å²) in [5, 5.41) is 6.57. The Morgan fingerprint density at radius 2 is 1.97 bits per heavy atom. The van der Waals surface area contributed by atoms with Gasteiger partial charge in [-0.1, -0.05) is 6.07 Å². The highest BCUT2D eigenvalue weighted by Crippen LogP contribution is 2.27. The molecule has 0 aliphatic carbocycles. The number of H-pyrrole nitrogens is 1. The molecule has 1 aromatic carbocycles. The van der Waals surface area contributed by atoms with Crippen molar-refractivity contribution in [2.75, 3.05) is 26.2 Å². The minimum Gasteiger partial charge on any atom is -0.444 e. The first kappa shape index (κ1) is 25.8. The summed E-state index contributed by atoms with van der Waals surface area (Å²) in [6.07, 6.45) is -2.07. The van der Waals surface area contributed by atoms with Crippen LogP contribution in [0.15, 0.2) is 30.6 Å². The number of nitrogens with one attached hydrogen (secondary N) is 1. The van der Waals surface area contributed by atoms with Gasteiger partial charge in [-0.05, 0) is 38.5 Å². The molecule has 8 nitrogen and oxygen atoms in total. The number of carbonyl (C=O) groups excluding carboxylic acids is 1. The SMILES string of the molecule is CC(C)(C)OC(=O)N1CCN(Cc2ccc(OC(F)(F)F)c(F)c2)C(COCc2cn[nH]c2)C1. The van der Waals surface area contributed by atoms with E-state index < -0.39 is 29.6 Å². The van der Waals surface area contributed by atoms with E-state index in [-0.39, 0.29) is 19.2 Å². The lowest BCUT2D eigenvalue weighted by Crippen LogP contribution is -2.56. The average molecular weight is 488 g/mol. The van der Waals surface area contributed by atoms with Crippen LogP contribution in [-0.2, 0) is 22.6 Å². The summed E-state index contributed by atoms with van der Waals surface area (Å²) >= 11 is 0. The Morgan fingerprint density at radius 3 is 2.59 bits per heavy atom. The van der Waals surface area contributed by atoms with Crippen LogP contribution in [0.25, 0.3) is 0 Å². The first-order chi connectivity index (χ1) is 15.9. The number of ether oxygens (including phenoxy) is 3. The van der Waals surface area contributed by atoms with Gasteiger partial charge in [-0.2, -0.15) is 5.10 Å². The number of rotatable bonds is 7. The van der Waals surface area contributed by atoms with Crippen LogP contribution in [-0.4, -0.2) is 70.3 Å². The number of hydrogen-bond acceptors (Lipinski definition) is 6. The summed E-state index contributed by atoms with van der Waals surface area (Å²) in [6, 6.07) is 3.11. The van der Waals surface area contributed by atoms with Crippen molar-refractivity contribution in [3.63, 3.8) is 0 Å². The second-order valence-corrected chi connectivity index (χ2v) is 8.98. The van der Waals surface area contributed by atoms with Gasteiger partial charge in [-0.15, -0.1) is 13.2 Å². The van der Waals surface area contributed by atoms with Gasteiger partial charge in [0, 0.05) is 37.9 Å². The fourth-order valence-corrected chi connectivity index (χ4v) is 3.51. The number of nitrogens with zero attached hydrogens (tertiary/aromatic N) is 3. The lowest BCUT2D eigenvalue weighted by atomic mass is 10.1. The first-order valence-corrected chi connectivity index (χ1v) is 10.7. The smallest absolute Gasteiger partial charge is 0.444 e. The summed E-state index contributed by atoms with van der Waals surface area (Å²) < 4.78 is 66.4. The van der Waals surface area contributed by atoms with Crippen molar-refractivity contribution in [2.24, 2.45) is 0 Å². The van der Waals surface area contributed by atoms with E-state index in [9.17, 15) is 22.4 Å². The molecule has 1 atom stereocenters. The molecule has 2 heterocycles. The topological polar surface area (TPSA) is 79.9 Å². The Kier molecular flexibility index (Phi) is 8.03. The van der Waals surface area contributed by atoms with Gasteiger partial charge in [0.15, 0.2) is 11.6 Å². The standard InChI is InChI=1S/C22H28F4N4O4/c1-21(2,3)34-20(31)30-7-6-29(17(12-30)14-32-13-16-9-27-28-10-16)11-15-4-5-19(18(23)8-15)33-22(24,25)26/h4-5,8-10,17H,6-7,11-14H2,1-3H3,(H,27,28). The number of halogens is 4. The fraction of sp³-hybridized carbons (Fsp3) is 0.545. The molecule has 1 N–H and O–H groups in total. The van der Waals surface area contributed by atoms with E-state index >= 15 is 0 Å². The molecule has 1 aromatic heterocycles. The number of alkyl halides is 3. The van der Waals surface area contributed by atoms with Crippen LogP contribution in [0.2, 0.25) is 0 Å². The first-order valence-electron chi connectivity index (χ1n) is 10.7. The lowest BCUT2D eigenvalue weighted by Gasteiger charge is -2.41. The van der Waals surface area contributed by atoms with Crippen molar-refractivity contribution in [2.45, 2.75) is 51.9 Å². The lowest BCUT2D eigenvalue weighted by molar-refractivity contribution is -0.275. The fourth-order valence-electron chi connectivity index (χ4n) is 3.51. The number of amides is 1. The third-order valence-electron chi connectivity index (χ3n) is 5.00. The van der Waals surface area contributed by atoms with Crippen LogP contribution in [0, 0.1) is 5.82 Å². The van der Waals surface area contributed by atoms with Crippen LogP contribution in [0.4, 0.5) is 22.4 Å². The van der Waals surface area contributed by atoms with Crippen LogP contribution in [0.3, 0.4) is 0 Å². The molecule has 12 heteroatoms. The Hall–Kier alpha value is -2.86. The third kappa shape index (κ3) is 7.87. The number of carbonyl (C=O) groups is 1. The molecule has 1 aliphatic heterocycles. The zero-order valence-corrected chi connectivity index (χ0v) is 19.2. The van der Waals surface area contributed by atoms with Crippen LogP contribution >= 0.6 is 0 Å². The minimum atomic E-state index is -4.97. The molecule has 3 rings (SSSR count). The average Bonchev–Trinajstić information content (AvgIpc) is 3.22. The van der Waals surface area contributed by atoms with Crippen LogP contribution in [0.1, 0.15) is 31.9 Å². The van der Waals surface area contributed by atoms with Crippen molar-refractivity contribution >= 4 is 6.09 Å². The molecule has 1 fully saturated rings. The molecule has 0 saturated carbocycles. The molecule has 2 aromatic rings. The normalized spacial score (nSPS) is 17.6. The van der Waals surface area contributed by atoms with Gasteiger partial charge >= 0.3 is 12.5 Å². The van der Waals surface area contributed by atoms with E-state index in [1.807, 2.05) is 4.90 Å². The molecule has 188 valence electrons. The molecular formula is C22H28F4N4O4. The summed E-state index contributed by atoms with van der Waals surface area (Å²) in [4.78, 5) is 16.1. The van der Waals surface area contributed by atoms with E-state index in [1.165, 1.54) is 6.07 Å². The van der Waals surface area contributed by atoms with E-state index in [2.05, 4.69) is 14.9 Å². The number of aromatic amines is 1. The molecule has 1 unspecified atom stereocenters. The molecule has 0 radical (unpaired) electrons. The maximum Gasteiger partial charge on any atom is 0.573 e. The van der Waals surface area contributed by atoms with Crippen LogP contribution in [0.5, 0.6) is 5.75 Å². The Bertz CT molecular complexity index is 947. The van der Waals surface area contributed by atoms with Crippen molar-refractivity contribution in [3.05, 3.63) is 47.5 Å². The maximum absolute atomic E-state index is 14.2. The molecular weight excluding hydrogens is 460 g/mol. The number of hydrogen-bond donors (Lipinski definition) is 1. The summed E-state index contributed by atoms with van der Waals surface area (Å²) in [6.45, 7) is 7.33. The molecule has 0 spiro atoms. The summed E-state index contributed by atoms with van der Waals surface area (Å²) in [7, 11) is 0. The van der Waals surface area contributed by atoms with Crippen molar-refractivity contribution in [3.8, 4) is 5.75 Å². The predicted molar refractivity (Wildman–Crippen MR) is 113 cm³/mol. The molecule has 1 saturated heterocycles. The number of benzene rings is 1. The highest BCUT2D eigenvalue weighted by molar-refractivity contribution is 5.68. The van der Waals surface area contributed by atoms with E-state index in [1.54, 1.807) is 38.1 Å². The van der Waals surface area contributed by atoms with Crippen molar-refractivity contribution < 1.29 is 36.6 Å². The Labute approximate surface area is 194 Å². The minimum absolute atomic E-state index is 0.248. The third-order valence-corrected chi connectivity index (χ3v) is 5.00. The number of aromatic nitrogens is 2. The molecule has 1 aliphatic rings. The Balaban J connectivity index is 1.68. The van der Waals surface area contributed by atoms with Gasteiger partial charge in [0.05, 0.1) is 25.5 Å². The maximum atomic E-state index is 14.2. The second-order valence-electron chi connectivity index (χ2n) is 8.98. The highest BCUT2D eigenvalue weighted by atomic mass is 19.4. The van der Waals surface area contributed by atoms with Gasteiger partial charge in [-0.3, -0.25) is 10.00 Å². The summed E-state index contributed by atoms with van der Waals surface area (Å²) in [5.41, 5.74) is 0.686. The zero-order valence-electron chi connectivity index (χ0n) is 19.2. The second kappa shape index (κ2) is 10.6. The highest BCUT2D eigenvalue weighted by Gasteiger charge is 2.34. The van der Waals surface area contributed by atoms with Gasteiger partial charge in [0.25, 0.3) is 0 Å². The zero-order chi connectivity index (χ0) is 24.9. The quantitative estimate of drug-likeness (QED) is 0.592. The van der Waals surface area contributed by atoms with Gasteiger partial charge in [0.1, 0.15) is 5.60 Å². The Morgan fingerprint density at radius 1 is 1.21 bits per heavy atom. The van der Waals surface area contributed by atoms with Gasteiger partial charge < -0.3 is 19.1 Å². The van der Waals surface area contributed by atoms with E-state index in [4.69, 9.17) is 9.47 Å². The molecule has 0 bridgehead atoms. The van der Waals surface area contributed by atoms with Gasteiger partial charge in [-0.25, -0.2) is 9.18 Å². The molecule has 34 heavy (non-hydrogen) atoms. The predicted octanol–water partition coefficient (Wildman–Crippen LogP) is 4.09. The number of piperazine rings is 1. The monoisotopic (exact) mass is 488 g/mol. The van der Waals surface area contributed by atoms with Gasteiger partial charge in [0.2, 0.25) is 0 Å². The van der Waals surface area contributed by atoms with Crippen molar-refractivity contribution in [1.29, 1.82) is 0 Å². The van der Waals surface area contributed by atoms with E-state index in [0.29, 0.717) is 31.8 Å². The largest absolute Gasteiger partial charge is 0.573 e. The van der Waals surface area contributed by atoms with E-state index in [0.717, 1.165) is 17.7 Å².